The Hall–Kier alpha value is -3.57. The molecule has 0 saturated carbocycles. The second-order valence-corrected chi connectivity index (χ2v) is 10.5. The Morgan fingerprint density at radius 1 is 0.595 bits per heavy atom. The van der Waals surface area contributed by atoms with Gasteiger partial charge in [0, 0.05) is 56.0 Å². The number of nitrogens with zero attached hydrogens (tertiary/aromatic N) is 5. The molecule has 0 amide bonds. The van der Waals surface area contributed by atoms with Crippen molar-refractivity contribution >= 4 is 45.1 Å². The molecular formula is C27H34N10. The van der Waals surface area contributed by atoms with E-state index in [-0.39, 0.29) is 24.2 Å². The van der Waals surface area contributed by atoms with Crippen molar-refractivity contribution < 1.29 is 0 Å². The average molecular weight is 499 g/mol. The van der Waals surface area contributed by atoms with Crippen molar-refractivity contribution in [2.45, 2.75) is 37.0 Å². The number of aromatic nitrogens is 3. The molecular weight excluding hydrogens is 464 g/mol. The van der Waals surface area contributed by atoms with Gasteiger partial charge in [0.25, 0.3) is 0 Å². The number of benzene rings is 3. The smallest absolute Gasteiger partial charge is 0.233 e. The van der Waals surface area contributed by atoms with Gasteiger partial charge < -0.3 is 38.1 Å². The molecule has 9 N–H and O–H groups in total. The summed E-state index contributed by atoms with van der Waals surface area (Å²) in [6.07, 6.45) is 1.56. The maximum atomic E-state index is 6.27. The molecule has 2 saturated heterocycles. The normalized spacial score (nSPS) is 24.5. The van der Waals surface area contributed by atoms with Crippen molar-refractivity contribution in [1.82, 2.24) is 15.0 Å². The lowest BCUT2D eigenvalue weighted by Gasteiger charge is -2.37. The predicted octanol–water partition coefficient (Wildman–Crippen LogP) is 1.65. The molecule has 0 spiro atoms. The van der Waals surface area contributed by atoms with Gasteiger partial charge in [0.2, 0.25) is 17.8 Å². The third kappa shape index (κ3) is 5.14. The quantitative estimate of drug-likeness (QED) is 0.262. The van der Waals surface area contributed by atoms with Crippen molar-refractivity contribution in [3.05, 3.63) is 54.6 Å². The van der Waals surface area contributed by atoms with E-state index in [1.807, 2.05) is 15.9 Å². The first-order chi connectivity index (χ1) is 17.9. The van der Waals surface area contributed by atoms with Gasteiger partial charge in [-0.25, -0.2) is 0 Å². The molecule has 1 aromatic heterocycles. The molecule has 0 radical (unpaired) electrons. The van der Waals surface area contributed by atoms with Gasteiger partial charge in [0.1, 0.15) is 0 Å². The zero-order valence-electron chi connectivity index (χ0n) is 20.8. The number of fused-ring (bicyclic) bond motifs is 2. The predicted molar refractivity (Wildman–Crippen MR) is 150 cm³/mol. The first-order valence-electron chi connectivity index (χ1n) is 12.9. The van der Waals surface area contributed by atoms with Crippen molar-refractivity contribution in [3.8, 4) is 0 Å². The van der Waals surface area contributed by atoms with E-state index in [4.69, 9.17) is 37.9 Å². The molecule has 3 aromatic carbocycles. The third-order valence-corrected chi connectivity index (χ3v) is 7.17. The van der Waals surface area contributed by atoms with E-state index in [1.54, 1.807) is 0 Å². The van der Waals surface area contributed by atoms with Crippen LogP contribution in [0, 0.1) is 0 Å². The Bertz CT molecular complexity index is 1360. The summed E-state index contributed by atoms with van der Waals surface area (Å²) >= 11 is 0. The molecule has 2 aliphatic heterocycles. The lowest BCUT2D eigenvalue weighted by atomic mass is 10.0. The zero-order chi connectivity index (χ0) is 25.5. The van der Waals surface area contributed by atoms with Crippen LogP contribution >= 0.6 is 0 Å². The van der Waals surface area contributed by atoms with E-state index in [0.29, 0.717) is 44.0 Å². The van der Waals surface area contributed by atoms with Crippen LogP contribution in [0.15, 0.2) is 54.6 Å². The number of anilines is 4. The fourth-order valence-corrected chi connectivity index (χ4v) is 5.52. The standard InChI is InChI=1S/C27H34N10/c28-20-10-21(29)13-36(12-20)26-33-25(34-27(35-26)37-14-22(30)11-23(31)15-37)32-24-6-5-18-7-16-3-1-2-4-17(16)8-19(18)9-24/h1-9,20-23H,10-15,28-31H2,(H,32,33,34,35). The summed E-state index contributed by atoms with van der Waals surface area (Å²) in [6, 6.07) is 18.9. The highest BCUT2D eigenvalue weighted by atomic mass is 15.4. The number of piperidine rings is 2. The Balaban J connectivity index is 1.36. The maximum Gasteiger partial charge on any atom is 0.233 e. The van der Waals surface area contributed by atoms with Gasteiger partial charge in [-0.3, -0.25) is 0 Å². The van der Waals surface area contributed by atoms with Crippen molar-refractivity contribution in [3.63, 3.8) is 0 Å². The highest BCUT2D eigenvalue weighted by Gasteiger charge is 2.28. The molecule has 4 atom stereocenters. The first kappa shape index (κ1) is 23.8. The van der Waals surface area contributed by atoms with Crippen LogP contribution in [0.2, 0.25) is 0 Å². The van der Waals surface area contributed by atoms with Crippen LogP contribution in [0.1, 0.15) is 12.8 Å². The summed E-state index contributed by atoms with van der Waals surface area (Å²) in [7, 11) is 0. The fourth-order valence-electron chi connectivity index (χ4n) is 5.52. The highest BCUT2D eigenvalue weighted by Crippen LogP contribution is 2.28. The molecule has 37 heavy (non-hydrogen) atoms. The topological polar surface area (TPSA) is 161 Å². The minimum absolute atomic E-state index is 0.0347. The number of rotatable bonds is 4. The monoisotopic (exact) mass is 498 g/mol. The van der Waals surface area contributed by atoms with E-state index in [9.17, 15) is 0 Å². The molecule has 2 fully saturated rings. The van der Waals surface area contributed by atoms with E-state index in [2.05, 4.69) is 53.8 Å². The SMILES string of the molecule is NC1CC(N)CN(c2nc(Nc3ccc4cc5ccccc5cc4c3)nc(N3CC(N)CC(N)C3)n2)C1. The molecule has 3 heterocycles. The van der Waals surface area contributed by atoms with Crippen LogP contribution in [0.25, 0.3) is 21.5 Å². The molecule has 10 nitrogen and oxygen atoms in total. The van der Waals surface area contributed by atoms with Crippen LogP contribution < -0.4 is 38.1 Å². The van der Waals surface area contributed by atoms with E-state index in [0.717, 1.165) is 23.9 Å². The molecule has 0 bridgehead atoms. The summed E-state index contributed by atoms with van der Waals surface area (Å²) in [5, 5.41) is 8.14. The minimum Gasteiger partial charge on any atom is -0.338 e. The lowest BCUT2D eigenvalue weighted by Crippen LogP contribution is -2.54. The van der Waals surface area contributed by atoms with Gasteiger partial charge in [-0.2, -0.15) is 15.0 Å². The van der Waals surface area contributed by atoms with E-state index >= 15 is 0 Å². The van der Waals surface area contributed by atoms with Gasteiger partial charge in [0.05, 0.1) is 0 Å². The van der Waals surface area contributed by atoms with Crippen molar-refractivity contribution in [2.75, 3.05) is 41.3 Å². The summed E-state index contributed by atoms with van der Waals surface area (Å²) in [5.74, 6) is 1.57. The molecule has 2 aliphatic rings. The molecule has 4 unspecified atom stereocenters. The fraction of sp³-hybridized carbons (Fsp3) is 0.370. The first-order valence-corrected chi connectivity index (χ1v) is 12.9. The summed E-state index contributed by atoms with van der Waals surface area (Å²) in [5.41, 5.74) is 26.0. The second-order valence-electron chi connectivity index (χ2n) is 10.5. The lowest BCUT2D eigenvalue weighted by molar-refractivity contribution is 0.441. The van der Waals surface area contributed by atoms with Gasteiger partial charge in [-0.15, -0.1) is 0 Å². The van der Waals surface area contributed by atoms with Gasteiger partial charge in [-0.05, 0) is 58.7 Å². The van der Waals surface area contributed by atoms with Crippen LogP contribution in [-0.4, -0.2) is 65.3 Å². The van der Waals surface area contributed by atoms with Crippen LogP contribution in [0.4, 0.5) is 23.5 Å². The number of hydrogen-bond acceptors (Lipinski definition) is 10. The Kier molecular flexibility index (Phi) is 6.25. The number of nitrogens with two attached hydrogens (primary N) is 4. The van der Waals surface area contributed by atoms with Crippen LogP contribution in [0.3, 0.4) is 0 Å². The largest absolute Gasteiger partial charge is 0.338 e. The highest BCUT2D eigenvalue weighted by molar-refractivity contribution is 5.99. The minimum atomic E-state index is -0.0347. The molecule has 10 heteroatoms. The van der Waals surface area contributed by atoms with Crippen molar-refractivity contribution in [2.24, 2.45) is 22.9 Å². The van der Waals surface area contributed by atoms with E-state index < -0.39 is 0 Å². The molecule has 192 valence electrons. The second kappa shape index (κ2) is 9.71. The van der Waals surface area contributed by atoms with Crippen LogP contribution in [-0.2, 0) is 0 Å². The van der Waals surface area contributed by atoms with Crippen LogP contribution in [0.5, 0.6) is 0 Å². The van der Waals surface area contributed by atoms with E-state index in [1.165, 1.54) is 16.2 Å². The summed E-state index contributed by atoms with van der Waals surface area (Å²) in [6.45, 7) is 2.55. The summed E-state index contributed by atoms with van der Waals surface area (Å²) < 4.78 is 0. The number of nitrogens with one attached hydrogen (secondary N) is 1. The average Bonchev–Trinajstić information content (AvgIpc) is 2.86. The Morgan fingerprint density at radius 3 is 1.62 bits per heavy atom. The molecule has 0 aliphatic carbocycles. The van der Waals surface area contributed by atoms with Crippen molar-refractivity contribution in [1.29, 1.82) is 0 Å². The molecule has 6 rings (SSSR count). The zero-order valence-corrected chi connectivity index (χ0v) is 20.8. The number of hydrogen-bond donors (Lipinski definition) is 5. The van der Waals surface area contributed by atoms with Gasteiger partial charge in [0.15, 0.2) is 0 Å². The Labute approximate surface area is 216 Å². The maximum absolute atomic E-state index is 6.27. The summed E-state index contributed by atoms with van der Waals surface area (Å²) in [4.78, 5) is 18.5. The Morgan fingerprint density at radius 2 is 1.08 bits per heavy atom. The third-order valence-electron chi connectivity index (χ3n) is 7.17. The van der Waals surface area contributed by atoms with Gasteiger partial charge in [-0.1, -0.05) is 30.3 Å². The van der Waals surface area contributed by atoms with Gasteiger partial charge >= 0.3 is 0 Å². The molecule has 4 aromatic rings.